The van der Waals surface area contributed by atoms with Crippen molar-refractivity contribution in [1.82, 2.24) is 0 Å². The minimum Gasteiger partial charge on any atom is -0.408 e. The number of rotatable bonds is 2. The van der Waals surface area contributed by atoms with Crippen LogP contribution in [0.2, 0.25) is 0 Å². The first kappa shape index (κ1) is 11.6. The zero-order valence-corrected chi connectivity index (χ0v) is 7.21. The normalized spacial score (nSPS) is 30.6. The molecule has 0 aromatic heterocycles. The molecule has 2 unspecified atom stereocenters. The third kappa shape index (κ3) is 1.84. The minimum absolute atomic E-state index is 0.718. The molecule has 0 saturated carbocycles. The summed E-state index contributed by atoms with van der Waals surface area (Å²) in [5.41, 5.74) is 4.95. The molecule has 0 radical (unpaired) electrons. The molecule has 1 heterocycles. The monoisotopic (exact) mass is 225 g/mol. The Kier molecular flexibility index (Phi) is 2.79. The number of ether oxygens (including phenoxy) is 3. The van der Waals surface area contributed by atoms with Gasteiger partial charge in [0.25, 0.3) is 0 Å². The average Bonchev–Trinajstić information content (AvgIpc) is 2.37. The van der Waals surface area contributed by atoms with Gasteiger partial charge in [-0.3, -0.25) is 5.73 Å². The van der Waals surface area contributed by atoms with E-state index in [9.17, 15) is 18.0 Å². The molecule has 2 N–H and O–H groups in total. The zero-order chi connectivity index (χ0) is 11.7. The van der Waals surface area contributed by atoms with Crippen molar-refractivity contribution < 1.29 is 32.2 Å². The van der Waals surface area contributed by atoms with Gasteiger partial charge in [0.05, 0.1) is 0 Å². The number of terminal acetylenes is 1. The molecule has 0 aromatic rings. The Labute approximate surface area is 82.3 Å². The first-order valence-electron chi connectivity index (χ1n) is 3.63. The number of hydrogen-bond donors (Lipinski definition) is 1. The topological polar surface area (TPSA) is 70.8 Å². The quantitative estimate of drug-likeness (QED) is 0.542. The molecule has 0 bridgehead atoms. The van der Waals surface area contributed by atoms with Crippen LogP contribution in [0, 0.1) is 12.3 Å². The summed E-state index contributed by atoms with van der Waals surface area (Å²) < 4.78 is 49.7. The lowest BCUT2D eigenvalue weighted by Crippen LogP contribution is -2.58. The van der Waals surface area contributed by atoms with Crippen LogP contribution in [0.15, 0.2) is 0 Å². The second-order valence-electron chi connectivity index (χ2n) is 2.55. The summed E-state index contributed by atoms with van der Waals surface area (Å²) in [6.07, 6.45) is -3.97. The maximum atomic E-state index is 12.5. The SMILES string of the molecule is C#CCOC1(C(F)(F)F)OC(=O)OC1N. The third-order valence-electron chi connectivity index (χ3n) is 1.60. The smallest absolute Gasteiger partial charge is 0.408 e. The van der Waals surface area contributed by atoms with Gasteiger partial charge in [-0.25, -0.2) is 4.79 Å². The predicted molar refractivity (Wildman–Crippen MR) is 39.1 cm³/mol. The van der Waals surface area contributed by atoms with Gasteiger partial charge in [0.1, 0.15) is 6.61 Å². The lowest BCUT2D eigenvalue weighted by molar-refractivity contribution is -0.359. The summed E-state index contributed by atoms with van der Waals surface area (Å²) in [5, 5.41) is 0. The van der Waals surface area contributed by atoms with Crippen LogP contribution < -0.4 is 5.73 Å². The maximum absolute atomic E-state index is 12.5. The Morgan fingerprint density at radius 2 is 2.27 bits per heavy atom. The van der Waals surface area contributed by atoms with Crippen molar-refractivity contribution in [2.24, 2.45) is 5.73 Å². The molecule has 1 fully saturated rings. The Morgan fingerprint density at radius 3 is 2.60 bits per heavy atom. The molecular weight excluding hydrogens is 219 g/mol. The largest absolute Gasteiger partial charge is 0.513 e. The summed E-state index contributed by atoms with van der Waals surface area (Å²) >= 11 is 0. The van der Waals surface area contributed by atoms with E-state index in [2.05, 4.69) is 14.2 Å². The highest BCUT2D eigenvalue weighted by Crippen LogP contribution is 2.41. The molecule has 5 nitrogen and oxygen atoms in total. The molecule has 1 aliphatic rings. The highest BCUT2D eigenvalue weighted by atomic mass is 19.4. The molecular formula is C7H6F3NO4. The fourth-order valence-electron chi connectivity index (χ4n) is 0.949. The van der Waals surface area contributed by atoms with Crippen LogP contribution in [0.5, 0.6) is 0 Å². The van der Waals surface area contributed by atoms with Gasteiger partial charge in [0.15, 0.2) is 0 Å². The fourth-order valence-corrected chi connectivity index (χ4v) is 0.949. The second kappa shape index (κ2) is 3.60. The number of carbonyl (C=O) groups excluding carboxylic acids is 1. The number of cyclic esters (lactones) is 2. The standard InChI is InChI=1S/C7H6F3NO4/c1-2-3-13-6(7(8,9)10)4(11)14-5(12)15-6/h1,4H,3,11H2. The summed E-state index contributed by atoms with van der Waals surface area (Å²) in [4.78, 5) is 10.5. The van der Waals surface area contributed by atoms with E-state index in [1.807, 2.05) is 0 Å². The van der Waals surface area contributed by atoms with Crippen LogP contribution in [0.4, 0.5) is 18.0 Å². The van der Waals surface area contributed by atoms with Crippen molar-refractivity contribution in [1.29, 1.82) is 0 Å². The molecule has 84 valence electrons. The minimum atomic E-state index is -5.03. The van der Waals surface area contributed by atoms with Crippen LogP contribution in [0.3, 0.4) is 0 Å². The van der Waals surface area contributed by atoms with E-state index in [4.69, 9.17) is 12.2 Å². The van der Waals surface area contributed by atoms with Gasteiger partial charge in [0, 0.05) is 0 Å². The van der Waals surface area contributed by atoms with Crippen LogP contribution in [-0.4, -0.2) is 31.0 Å². The number of alkyl halides is 3. The van der Waals surface area contributed by atoms with Crippen molar-refractivity contribution in [2.45, 2.75) is 18.2 Å². The number of nitrogens with two attached hydrogens (primary N) is 1. The molecule has 15 heavy (non-hydrogen) atoms. The number of carbonyl (C=O) groups is 1. The van der Waals surface area contributed by atoms with Gasteiger partial charge in [-0.15, -0.1) is 6.42 Å². The van der Waals surface area contributed by atoms with E-state index in [1.54, 1.807) is 5.92 Å². The number of halogens is 3. The van der Waals surface area contributed by atoms with Gasteiger partial charge in [0.2, 0.25) is 6.23 Å². The zero-order valence-electron chi connectivity index (χ0n) is 7.21. The molecule has 0 amide bonds. The highest BCUT2D eigenvalue weighted by Gasteiger charge is 2.69. The van der Waals surface area contributed by atoms with E-state index >= 15 is 0 Å². The van der Waals surface area contributed by atoms with Gasteiger partial charge in [-0.05, 0) is 0 Å². The first-order valence-corrected chi connectivity index (χ1v) is 3.63. The third-order valence-corrected chi connectivity index (χ3v) is 1.60. The van der Waals surface area contributed by atoms with Gasteiger partial charge < -0.3 is 14.2 Å². The molecule has 1 saturated heterocycles. The van der Waals surface area contributed by atoms with Crippen molar-refractivity contribution in [3.63, 3.8) is 0 Å². The Morgan fingerprint density at radius 1 is 1.67 bits per heavy atom. The Bertz CT molecular complexity index is 310. The van der Waals surface area contributed by atoms with Crippen molar-refractivity contribution in [3.05, 3.63) is 0 Å². The lowest BCUT2D eigenvalue weighted by Gasteiger charge is -2.29. The molecule has 2 atom stereocenters. The Balaban J connectivity index is 2.97. The summed E-state index contributed by atoms with van der Waals surface area (Å²) in [6.45, 7) is -0.718. The molecule has 0 spiro atoms. The second-order valence-corrected chi connectivity index (χ2v) is 2.55. The van der Waals surface area contributed by atoms with E-state index < -0.39 is 31.0 Å². The summed E-state index contributed by atoms with van der Waals surface area (Å²) in [6, 6.07) is 0. The van der Waals surface area contributed by atoms with Gasteiger partial charge in [-0.2, -0.15) is 13.2 Å². The molecule has 8 heteroatoms. The van der Waals surface area contributed by atoms with Crippen molar-refractivity contribution >= 4 is 6.16 Å². The maximum Gasteiger partial charge on any atom is 0.513 e. The van der Waals surface area contributed by atoms with E-state index in [1.165, 1.54) is 0 Å². The molecule has 1 aliphatic heterocycles. The number of hydrogen-bond acceptors (Lipinski definition) is 5. The first-order chi connectivity index (χ1) is 6.83. The average molecular weight is 225 g/mol. The molecule has 0 aromatic carbocycles. The van der Waals surface area contributed by atoms with Crippen LogP contribution in [0.1, 0.15) is 0 Å². The predicted octanol–water partition coefficient (Wildman–Crippen LogP) is 0.346. The van der Waals surface area contributed by atoms with Crippen molar-refractivity contribution in [3.8, 4) is 12.3 Å². The van der Waals surface area contributed by atoms with E-state index in [0.717, 1.165) is 0 Å². The van der Waals surface area contributed by atoms with Crippen molar-refractivity contribution in [2.75, 3.05) is 6.61 Å². The Hall–Kier alpha value is -1.46. The molecule has 0 aliphatic carbocycles. The highest BCUT2D eigenvalue weighted by molar-refractivity contribution is 5.63. The molecule has 1 rings (SSSR count). The van der Waals surface area contributed by atoms with Crippen LogP contribution in [0.25, 0.3) is 0 Å². The van der Waals surface area contributed by atoms with Crippen LogP contribution in [-0.2, 0) is 14.2 Å². The van der Waals surface area contributed by atoms with Gasteiger partial charge in [-0.1, -0.05) is 5.92 Å². The van der Waals surface area contributed by atoms with E-state index in [0.29, 0.717) is 0 Å². The summed E-state index contributed by atoms with van der Waals surface area (Å²) in [7, 11) is 0. The fraction of sp³-hybridized carbons (Fsp3) is 0.571. The lowest BCUT2D eigenvalue weighted by atomic mass is 10.2. The van der Waals surface area contributed by atoms with E-state index in [-0.39, 0.29) is 0 Å². The van der Waals surface area contributed by atoms with Gasteiger partial charge >= 0.3 is 18.1 Å². The summed E-state index contributed by atoms with van der Waals surface area (Å²) in [5.74, 6) is -1.52. The van der Waals surface area contributed by atoms with Crippen LogP contribution >= 0.6 is 0 Å².